The third-order valence-electron chi connectivity index (χ3n) is 6.68. The molecule has 1 aliphatic rings. The van der Waals surface area contributed by atoms with Gasteiger partial charge in [0.15, 0.2) is 0 Å². The van der Waals surface area contributed by atoms with E-state index in [1.807, 2.05) is 16.6 Å². The number of rotatable bonds is 18. The van der Waals surface area contributed by atoms with Gasteiger partial charge in [-0.25, -0.2) is 0 Å². The first kappa shape index (κ1) is 42.4. The van der Waals surface area contributed by atoms with Crippen LogP contribution in [0.25, 0.3) is 0 Å². The van der Waals surface area contributed by atoms with E-state index in [1.54, 1.807) is 0 Å². The molecule has 15 heteroatoms. The molecule has 0 aliphatic carbocycles. The molecule has 0 aromatic heterocycles. The Balaban J connectivity index is 0. The van der Waals surface area contributed by atoms with E-state index in [2.05, 4.69) is 34.3 Å². The summed E-state index contributed by atoms with van der Waals surface area (Å²) in [5.41, 5.74) is 0. The van der Waals surface area contributed by atoms with Crippen molar-refractivity contribution in [2.24, 2.45) is 0 Å². The van der Waals surface area contributed by atoms with Crippen molar-refractivity contribution < 1.29 is 44.0 Å². The number of hydrogen-bond acceptors (Lipinski definition) is 11. The maximum atomic E-state index is 11.9. The molecule has 43 heavy (non-hydrogen) atoms. The summed E-state index contributed by atoms with van der Waals surface area (Å²) in [5.74, 6) is -1.72. The van der Waals surface area contributed by atoms with E-state index < -0.39 is 11.9 Å². The molecule has 0 aromatic carbocycles. The molecule has 1 heterocycles. The molecule has 0 bridgehead atoms. The number of likely N-dealkylation sites (N-methyl/N-ethyl adjacent to an activating group) is 1. The van der Waals surface area contributed by atoms with Gasteiger partial charge in [0.25, 0.3) is 6.47 Å². The maximum absolute atomic E-state index is 11.9. The van der Waals surface area contributed by atoms with Gasteiger partial charge in [-0.1, -0.05) is 33.1 Å². The molecule has 5 N–H and O–H groups in total. The van der Waals surface area contributed by atoms with E-state index in [1.165, 1.54) is 12.8 Å². The number of nitrogens with one attached hydrogen (secondary N) is 2. The minimum Gasteiger partial charge on any atom is -0.483 e. The van der Waals surface area contributed by atoms with Gasteiger partial charge in [0, 0.05) is 78.5 Å². The van der Waals surface area contributed by atoms with Crippen molar-refractivity contribution >= 4 is 31.1 Å². The van der Waals surface area contributed by atoms with Gasteiger partial charge >= 0.3 is 11.9 Å². The number of aliphatic carboxylic acids is 2. The lowest BCUT2D eigenvalue weighted by Gasteiger charge is -2.33. The first-order valence-electron chi connectivity index (χ1n) is 15.0. The summed E-state index contributed by atoms with van der Waals surface area (Å²) in [6.07, 6.45) is 4.93. The molecule has 0 spiro atoms. The Morgan fingerprint density at radius 1 is 0.767 bits per heavy atom. The minimum atomic E-state index is -0.883. The summed E-state index contributed by atoms with van der Waals surface area (Å²) in [5, 5.41) is 31.8. The molecule has 0 aromatic rings. The smallest absolute Gasteiger partial charge is 0.317 e. The van der Waals surface area contributed by atoms with Crippen LogP contribution in [0.2, 0.25) is 0 Å². The molecule has 0 saturated carbocycles. The van der Waals surface area contributed by atoms with E-state index in [4.69, 9.17) is 19.4 Å². The summed E-state index contributed by atoms with van der Waals surface area (Å²) in [7, 11) is 0. The molecule has 0 atom stereocenters. The third kappa shape index (κ3) is 27.9. The van der Waals surface area contributed by atoms with Crippen LogP contribution in [0.1, 0.15) is 46.0 Å². The summed E-state index contributed by atoms with van der Waals surface area (Å²) >= 11 is 0. The predicted octanol–water partition coefficient (Wildman–Crippen LogP) is -0.437. The van der Waals surface area contributed by atoms with Crippen LogP contribution >= 0.6 is 0 Å². The zero-order valence-electron chi connectivity index (χ0n) is 26.2. The Morgan fingerprint density at radius 3 is 1.72 bits per heavy atom. The fourth-order valence-corrected chi connectivity index (χ4v) is 4.27. The van der Waals surface area contributed by atoms with Crippen LogP contribution in [0.15, 0.2) is 0 Å². The number of nitrogens with zero attached hydrogens (tertiary/aromatic N) is 4. The van der Waals surface area contributed by atoms with E-state index in [-0.39, 0.29) is 25.5 Å². The van der Waals surface area contributed by atoms with E-state index >= 15 is 0 Å². The number of ether oxygens (including phenoxy) is 1. The van der Waals surface area contributed by atoms with Crippen LogP contribution in [-0.2, 0) is 28.7 Å². The van der Waals surface area contributed by atoms with Crippen LogP contribution in [0, 0.1) is 0 Å². The van der Waals surface area contributed by atoms with Gasteiger partial charge in [0.2, 0.25) is 5.91 Å². The van der Waals surface area contributed by atoms with Gasteiger partial charge in [0.05, 0.1) is 26.3 Å². The highest BCUT2D eigenvalue weighted by molar-refractivity contribution is 5.75. The highest BCUT2D eigenvalue weighted by atomic mass is 16.5. The van der Waals surface area contributed by atoms with Crippen molar-refractivity contribution in [3.8, 4) is 0 Å². The fraction of sp³-hybridized carbons (Fsp3) is 0.821. The number of carbonyl (C=O) groups excluding carboxylic acids is 2. The van der Waals surface area contributed by atoms with Crippen LogP contribution in [0.3, 0.4) is 0 Å². The fourth-order valence-electron chi connectivity index (χ4n) is 4.27. The number of amides is 1. The van der Waals surface area contributed by atoms with Crippen LogP contribution in [0.4, 0.5) is 0 Å². The maximum Gasteiger partial charge on any atom is 0.317 e. The molecular weight excluding hydrogens is 564 g/mol. The van der Waals surface area contributed by atoms with Crippen molar-refractivity contribution in [2.75, 3.05) is 105 Å². The largest absolute Gasteiger partial charge is 0.483 e. The lowest BCUT2D eigenvalue weighted by Crippen LogP contribution is -2.49. The predicted molar refractivity (Wildman–Crippen MR) is 163 cm³/mol. The normalized spacial score (nSPS) is 15.9. The molecule has 1 saturated heterocycles. The zero-order chi connectivity index (χ0) is 32.7. The molecule has 1 amide bonds. The highest BCUT2D eigenvalue weighted by Crippen LogP contribution is 2.01. The van der Waals surface area contributed by atoms with Crippen LogP contribution in [-0.4, -0.2) is 171 Å². The first-order valence-corrected chi connectivity index (χ1v) is 15.0. The average Bonchev–Trinajstić information content (AvgIpc) is 2.97. The SMILES string of the molecule is C=O.CCCCCCNC(=O)CCOCCNCN1CCN(CC)CCN(CC(=O)O)CCN(CC(=O)O)CC1.O=CO. The van der Waals surface area contributed by atoms with Crippen LogP contribution < -0.4 is 10.6 Å². The number of carbonyl (C=O) groups is 5. The Hall–Kier alpha value is -2.69. The number of unbranched alkanes of at least 4 members (excludes halogenated alkanes) is 3. The Morgan fingerprint density at radius 2 is 1.26 bits per heavy atom. The zero-order valence-corrected chi connectivity index (χ0v) is 26.2. The average molecular weight is 621 g/mol. The highest BCUT2D eigenvalue weighted by Gasteiger charge is 2.18. The molecule has 0 radical (unpaired) electrons. The second kappa shape index (κ2) is 30.8. The molecular formula is C28H56N6O9. The van der Waals surface area contributed by atoms with Gasteiger partial charge in [-0.3, -0.25) is 33.9 Å². The quantitative estimate of drug-likeness (QED) is 0.0978. The van der Waals surface area contributed by atoms with Crippen molar-refractivity contribution in [3.05, 3.63) is 0 Å². The van der Waals surface area contributed by atoms with Gasteiger partial charge in [0.1, 0.15) is 6.79 Å². The molecule has 0 unspecified atom stereocenters. The van der Waals surface area contributed by atoms with E-state index in [9.17, 15) is 24.6 Å². The molecule has 1 rings (SSSR count). The first-order chi connectivity index (χ1) is 20.7. The standard InChI is InChI=1S/C26H52N6O6.CH2O2.CH2O/c1-3-5-6-7-9-28-24(33)8-19-38-20-10-27-23-32-17-12-29(4-2)11-13-30(21-25(34)35)14-15-31(16-18-32)22-26(36)37;2-1-3;1-2/h27H,3-23H2,1-2H3,(H,28,33)(H,34,35)(H,36,37);1H,(H,2,3);1H2. The lowest BCUT2D eigenvalue weighted by molar-refractivity contribution is -0.140. The Labute approximate surface area is 256 Å². The van der Waals surface area contributed by atoms with Crippen molar-refractivity contribution in [2.45, 2.75) is 46.0 Å². The summed E-state index contributed by atoms with van der Waals surface area (Å²) in [6.45, 7) is 15.2. The molecule has 15 nitrogen and oxygen atoms in total. The Bertz CT molecular complexity index is 720. The van der Waals surface area contributed by atoms with Crippen molar-refractivity contribution in [1.82, 2.24) is 30.2 Å². The molecule has 1 fully saturated rings. The minimum absolute atomic E-state index is 0.0336. The topological polar surface area (TPSA) is 192 Å². The summed E-state index contributed by atoms with van der Waals surface area (Å²) in [4.78, 5) is 59.2. The van der Waals surface area contributed by atoms with E-state index in [0.29, 0.717) is 65.6 Å². The second-order valence-electron chi connectivity index (χ2n) is 9.93. The van der Waals surface area contributed by atoms with Gasteiger partial charge < -0.3 is 40.4 Å². The number of carboxylic acids is 2. The van der Waals surface area contributed by atoms with Gasteiger partial charge in [-0.2, -0.15) is 0 Å². The van der Waals surface area contributed by atoms with Crippen molar-refractivity contribution in [1.29, 1.82) is 0 Å². The number of hydrogen-bond donors (Lipinski definition) is 5. The molecule has 1 aliphatic heterocycles. The van der Waals surface area contributed by atoms with E-state index in [0.717, 1.165) is 45.6 Å². The molecule has 252 valence electrons. The second-order valence-corrected chi connectivity index (χ2v) is 9.93. The van der Waals surface area contributed by atoms with Crippen LogP contribution in [0.5, 0.6) is 0 Å². The lowest BCUT2D eigenvalue weighted by atomic mass is 10.2. The number of carboxylic acid groups (broad SMARTS) is 3. The van der Waals surface area contributed by atoms with Gasteiger partial charge in [-0.05, 0) is 13.0 Å². The summed E-state index contributed by atoms with van der Waals surface area (Å²) < 4.78 is 5.61. The monoisotopic (exact) mass is 620 g/mol. The summed E-state index contributed by atoms with van der Waals surface area (Å²) in [6, 6.07) is 0. The third-order valence-corrected chi connectivity index (χ3v) is 6.68. The Kier molecular flexibility index (Phi) is 30.4. The van der Waals surface area contributed by atoms with Crippen molar-refractivity contribution in [3.63, 3.8) is 0 Å². The van der Waals surface area contributed by atoms with Gasteiger partial charge in [-0.15, -0.1) is 0 Å².